The van der Waals surface area contributed by atoms with Gasteiger partial charge in [-0.2, -0.15) is 0 Å². The van der Waals surface area contributed by atoms with Gasteiger partial charge < -0.3 is 19.1 Å². The molecule has 6 heteroatoms. The fourth-order valence-corrected chi connectivity index (χ4v) is 2.89. The summed E-state index contributed by atoms with van der Waals surface area (Å²) in [4.78, 5) is 18.4. The molecule has 1 aromatic heterocycles. The molecule has 3 rings (SSSR count). The van der Waals surface area contributed by atoms with E-state index in [1.165, 1.54) is 0 Å². The average molecular weight is 342 g/mol. The topological polar surface area (TPSA) is 60.9 Å². The third-order valence-electron chi connectivity index (χ3n) is 4.05. The first kappa shape index (κ1) is 17.2. The molecule has 1 amide bonds. The number of nitrogens with zero attached hydrogens (tertiary/aromatic N) is 2. The molecule has 0 radical (unpaired) electrons. The predicted octanol–water partition coefficient (Wildman–Crippen LogP) is 2.65. The summed E-state index contributed by atoms with van der Waals surface area (Å²) in [5.74, 6) is 1.26. The lowest BCUT2D eigenvalue weighted by atomic mass is 10.1. The number of fused-ring (bicyclic) bond motifs is 1. The zero-order chi connectivity index (χ0) is 17.8. The van der Waals surface area contributed by atoms with Crippen molar-refractivity contribution in [2.45, 2.75) is 20.5 Å². The van der Waals surface area contributed by atoms with Crippen molar-refractivity contribution in [3.8, 4) is 11.6 Å². The van der Waals surface area contributed by atoms with Crippen LogP contribution in [0.15, 0.2) is 30.5 Å². The van der Waals surface area contributed by atoms with Gasteiger partial charge in [-0.15, -0.1) is 0 Å². The molecule has 1 aromatic carbocycles. The third kappa shape index (κ3) is 3.91. The van der Waals surface area contributed by atoms with Crippen molar-refractivity contribution >= 4 is 11.6 Å². The zero-order valence-electron chi connectivity index (χ0n) is 14.7. The molecule has 1 aliphatic heterocycles. The molecule has 0 saturated heterocycles. The summed E-state index contributed by atoms with van der Waals surface area (Å²) in [6.07, 6.45) is 1.68. The normalized spacial score (nSPS) is 13.2. The van der Waals surface area contributed by atoms with Crippen molar-refractivity contribution in [2.75, 3.05) is 31.8 Å². The lowest BCUT2D eigenvalue weighted by Crippen LogP contribution is -2.40. The largest absolute Gasteiger partial charge is 0.489 e. The molecular weight excluding hydrogens is 320 g/mol. The van der Waals surface area contributed by atoms with E-state index in [0.717, 1.165) is 28.1 Å². The number of rotatable bonds is 5. The van der Waals surface area contributed by atoms with Crippen LogP contribution in [0.2, 0.25) is 0 Å². The van der Waals surface area contributed by atoms with E-state index in [2.05, 4.69) is 11.1 Å². The van der Waals surface area contributed by atoms with E-state index in [4.69, 9.17) is 14.2 Å². The lowest BCUT2D eigenvalue weighted by molar-refractivity contribution is -0.123. The van der Waals surface area contributed by atoms with Gasteiger partial charge in [-0.05, 0) is 42.7 Å². The fourth-order valence-electron chi connectivity index (χ4n) is 2.89. The summed E-state index contributed by atoms with van der Waals surface area (Å²) in [6.45, 7) is 5.36. The Hall–Kier alpha value is -2.60. The van der Waals surface area contributed by atoms with Gasteiger partial charge in [0.05, 0.1) is 25.9 Å². The minimum Gasteiger partial charge on any atom is -0.489 e. The highest BCUT2D eigenvalue weighted by Crippen LogP contribution is 2.35. The molecular formula is C19H22N2O4. The first-order valence-electron chi connectivity index (χ1n) is 8.19. The van der Waals surface area contributed by atoms with Crippen LogP contribution in [-0.4, -0.2) is 37.8 Å². The maximum atomic E-state index is 12.6. The molecule has 2 heterocycles. The van der Waals surface area contributed by atoms with Crippen molar-refractivity contribution in [2.24, 2.45) is 0 Å². The molecule has 0 fully saturated rings. The molecule has 2 aromatic rings. The summed E-state index contributed by atoms with van der Waals surface area (Å²) in [5.41, 5.74) is 3.86. The maximum Gasteiger partial charge on any atom is 0.253 e. The first-order valence-corrected chi connectivity index (χ1v) is 8.19. The van der Waals surface area contributed by atoms with E-state index in [-0.39, 0.29) is 12.5 Å². The van der Waals surface area contributed by atoms with Crippen LogP contribution in [-0.2, 0) is 16.1 Å². The lowest BCUT2D eigenvalue weighted by Gasteiger charge is -2.31. The number of aryl methyl sites for hydroxylation is 2. The Morgan fingerprint density at radius 2 is 2.16 bits per heavy atom. The number of ether oxygens (including phenoxy) is 3. The van der Waals surface area contributed by atoms with Crippen LogP contribution in [0.1, 0.15) is 16.7 Å². The number of methoxy groups -OCH3 is 1. The van der Waals surface area contributed by atoms with Gasteiger partial charge in [-0.3, -0.25) is 4.79 Å². The van der Waals surface area contributed by atoms with E-state index < -0.39 is 0 Å². The Bertz CT molecular complexity index is 759. The zero-order valence-corrected chi connectivity index (χ0v) is 14.7. The smallest absolute Gasteiger partial charge is 0.253 e. The number of anilines is 1. The van der Waals surface area contributed by atoms with Gasteiger partial charge in [-0.1, -0.05) is 6.07 Å². The van der Waals surface area contributed by atoms with E-state index in [1.54, 1.807) is 24.3 Å². The first-order chi connectivity index (χ1) is 12.1. The second kappa shape index (κ2) is 7.53. The third-order valence-corrected chi connectivity index (χ3v) is 4.05. The van der Waals surface area contributed by atoms with Crippen LogP contribution in [0.3, 0.4) is 0 Å². The summed E-state index contributed by atoms with van der Waals surface area (Å²) in [7, 11) is 1.57. The molecule has 6 nitrogen and oxygen atoms in total. The van der Waals surface area contributed by atoms with Gasteiger partial charge in [0.1, 0.15) is 19.0 Å². The summed E-state index contributed by atoms with van der Waals surface area (Å²) >= 11 is 0. The molecule has 132 valence electrons. The van der Waals surface area contributed by atoms with E-state index in [9.17, 15) is 4.79 Å². The maximum absolute atomic E-state index is 12.6. The van der Waals surface area contributed by atoms with Gasteiger partial charge in [0.2, 0.25) is 5.88 Å². The molecule has 0 N–H and O–H groups in total. The number of carbonyl (C=O) groups excluding carboxylic acids is 1. The highest BCUT2D eigenvalue weighted by atomic mass is 16.5. The molecule has 25 heavy (non-hydrogen) atoms. The van der Waals surface area contributed by atoms with Gasteiger partial charge >= 0.3 is 0 Å². The standard InChI is InChI=1S/C19H22N2O4/c1-13-8-14(2)19-16(9-13)21(6-7-25-19)18(22)12-24-11-15-4-5-17(23-3)20-10-15/h4-5,8-10H,6-7,11-12H2,1-3H3. The van der Waals surface area contributed by atoms with E-state index in [0.29, 0.717) is 25.6 Å². The van der Waals surface area contributed by atoms with Crippen LogP contribution in [0.25, 0.3) is 0 Å². The summed E-state index contributed by atoms with van der Waals surface area (Å²) in [5, 5.41) is 0. The number of aromatic nitrogens is 1. The van der Waals surface area contributed by atoms with Crippen LogP contribution in [0.5, 0.6) is 11.6 Å². The number of benzene rings is 1. The van der Waals surface area contributed by atoms with Crippen LogP contribution >= 0.6 is 0 Å². The van der Waals surface area contributed by atoms with Crippen molar-refractivity contribution in [3.05, 3.63) is 47.2 Å². The molecule has 0 bridgehead atoms. The molecule has 0 unspecified atom stereocenters. The van der Waals surface area contributed by atoms with Gasteiger partial charge in [0.15, 0.2) is 0 Å². The molecule has 0 atom stereocenters. The van der Waals surface area contributed by atoms with Gasteiger partial charge in [0.25, 0.3) is 5.91 Å². The van der Waals surface area contributed by atoms with Crippen molar-refractivity contribution in [1.29, 1.82) is 0 Å². The monoisotopic (exact) mass is 342 g/mol. The van der Waals surface area contributed by atoms with E-state index in [1.807, 2.05) is 26.0 Å². The van der Waals surface area contributed by atoms with E-state index >= 15 is 0 Å². The minimum atomic E-state index is -0.0731. The Kier molecular flexibility index (Phi) is 5.19. The van der Waals surface area contributed by atoms with Crippen LogP contribution < -0.4 is 14.4 Å². The highest BCUT2D eigenvalue weighted by molar-refractivity contribution is 5.96. The number of amides is 1. The number of hydrogen-bond donors (Lipinski definition) is 0. The van der Waals surface area contributed by atoms with Gasteiger partial charge in [-0.25, -0.2) is 4.98 Å². The van der Waals surface area contributed by atoms with Crippen molar-refractivity contribution in [3.63, 3.8) is 0 Å². The summed E-state index contributed by atoms with van der Waals surface area (Å²) < 4.78 is 16.3. The Morgan fingerprint density at radius 3 is 2.88 bits per heavy atom. The quantitative estimate of drug-likeness (QED) is 0.836. The predicted molar refractivity (Wildman–Crippen MR) is 94.2 cm³/mol. The second-order valence-electron chi connectivity index (χ2n) is 6.03. The number of carbonyl (C=O) groups is 1. The number of hydrogen-bond acceptors (Lipinski definition) is 5. The minimum absolute atomic E-state index is 0.0124. The van der Waals surface area contributed by atoms with Crippen LogP contribution in [0, 0.1) is 13.8 Å². The van der Waals surface area contributed by atoms with Crippen molar-refractivity contribution in [1.82, 2.24) is 4.98 Å². The van der Waals surface area contributed by atoms with Crippen LogP contribution in [0.4, 0.5) is 5.69 Å². The highest BCUT2D eigenvalue weighted by Gasteiger charge is 2.25. The Morgan fingerprint density at radius 1 is 1.32 bits per heavy atom. The van der Waals surface area contributed by atoms with Crippen molar-refractivity contribution < 1.29 is 19.0 Å². The molecule has 0 aliphatic carbocycles. The van der Waals surface area contributed by atoms with Gasteiger partial charge in [0, 0.05) is 12.3 Å². The number of pyridine rings is 1. The molecule has 1 aliphatic rings. The second-order valence-corrected chi connectivity index (χ2v) is 6.03. The molecule has 0 spiro atoms. The Labute approximate surface area is 147 Å². The summed E-state index contributed by atoms with van der Waals surface area (Å²) in [6, 6.07) is 7.67. The Balaban J connectivity index is 1.62. The SMILES string of the molecule is COc1ccc(COCC(=O)N2CCOc3c(C)cc(C)cc32)cn1. The molecule has 0 saturated carbocycles. The average Bonchev–Trinajstić information content (AvgIpc) is 2.61. The fraction of sp³-hybridized carbons (Fsp3) is 0.368.